The lowest BCUT2D eigenvalue weighted by molar-refractivity contribution is 0.696. The Morgan fingerprint density at radius 2 is 1.37 bits per heavy atom. The summed E-state index contributed by atoms with van der Waals surface area (Å²) in [6.07, 6.45) is 0. The van der Waals surface area contributed by atoms with Crippen molar-refractivity contribution in [3.63, 3.8) is 0 Å². The van der Waals surface area contributed by atoms with Gasteiger partial charge in [0.05, 0.1) is 0 Å². The third-order valence-corrected chi connectivity index (χ3v) is 3.37. The van der Waals surface area contributed by atoms with Crippen molar-refractivity contribution in [2.45, 2.75) is 13.1 Å². The molecule has 0 atom stereocenters. The molecule has 0 saturated carbocycles. The summed E-state index contributed by atoms with van der Waals surface area (Å²) in [7, 11) is 0. The van der Waals surface area contributed by atoms with Crippen LogP contribution in [0.1, 0.15) is 11.1 Å². The highest BCUT2D eigenvalue weighted by atomic mass is 14.8. The molecule has 0 amide bonds. The lowest BCUT2D eigenvalue weighted by Crippen LogP contribution is -2.12. The molecule has 3 aromatic carbocycles. The van der Waals surface area contributed by atoms with Gasteiger partial charge in [-0.25, -0.2) is 0 Å². The van der Waals surface area contributed by atoms with Gasteiger partial charge in [-0.3, -0.25) is 0 Å². The van der Waals surface area contributed by atoms with Crippen molar-refractivity contribution < 1.29 is 0 Å². The van der Waals surface area contributed by atoms with Crippen LogP contribution in [-0.2, 0) is 13.1 Å². The predicted molar refractivity (Wildman–Crippen MR) is 80.9 cm³/mol. The Labute approximate surface area is 113 Å². The summed E-state index contributed by atoms with van der Waals surface area (Å²) in [4.78, 5) is 0. The molecule has 0 fully saturated rings. The zero-order valence-electron chi connectivity index (χ0n) is 10.8. The van der Waals surface area contributed by atoms with Crippen LogP contribution in [0.3, 0.4) is 0 Å². The zero-order valence-corrected chi connectivity index (χ0v) is 10.8. The van der Waals surface area contributed by atoms with Crippen molar-refractivity contribution in [2.75, 3.05) is 0 Å². The van der Waals surface area contributed by atoms with Crippen LogP contribution >= 0.6 is 0 Å². The Hall–Kier alpha value is -2.12. The molecule has 0 aliphatic heterocycles. The van der Waals surface area contributed by atoms with Crippen molar-refractivity contribution in [3.05, 3.63) is 83.9 Å². The summed E-state index contributed by atoms with van der Waals surface area (Å²) in [6.45, 7) is 1.81. The third kappa shape index (κ3) is 2.83. The predicted octanol–water partition coefficient (Wildman–Crippen LogP) is 4.13. The third-order valence-electron chi connectivity index (χ3n) is 3.37. The first kappa shape index (κ1) is 11.9. The van der Waals surface area contributed by atoms with E-state index in [9.17, 15) is 0 Å². The van der Waals surface area contributed by atoms with Gasteiger partial charge in [-0.05, 0) is 21.9 Å². The van der Waals surface area contributed by atoms with Crippen LogP contribution in [0.15, 0.2) is 72.8 Å². The second-order valence-electron chi connectivity index (χ2n) is 4.73. The van der Waals surface area contributed by atoms with E-state index < -0.39 is 0 Å². The molecule has 94 valence electrons. The minimum atomic E-state index is 0.899. The highest BCUT2D eigenvalue weighted by molar-refractivity contribution is 5.85. The summed E-state index contributed by atoms with van der Waals surface area (Å²) in [6, 6.07) is 25.5. The van der Waals surface area contributed by atoms with Crippen LogP contribution < -0.4 is 5.32 Å². The highest BCUT2D eigenvalue weighted by Crippen LogP contribution is 2.18. The van der Waals surface area contributed by atoms with Crippen LogP contribution in [0, 0.1) is 0 Å². The van der Waals surface area contributed by atoms with Crippen LogP contribution in [0.5, 0.6) is 0 Å². The molecule has 0 aliphatic rings. The Morgan fingerprint density at radius 1 is 0.632 bits per heavy atom. The minimum Gasteiger partial charge on any atom is -0.309 e. The summed E-state index contributed by atoms with van der Waals surface area (Å²) >= 11 is 0. The number of hydrogen-bond acceptors (Lipinski definition) is 1. The number of fused-ring (bicyclic) bond motifs is 1. The molecule has 3 aromatic rings. The average Bonchev–Trinajstić information content (AvgIpc) is 2.49. The van der Waals surface area contributed by atoms with Crippen molar-refractivity contribution in [1.29, 1.82) is 0 Å². The summed E-state index contributed by atoms with van der Waals surface area (Å²) in [5.74, 6) is 0. The van der Waals surface area contributed by atoms with E-state index in [2.05, 4.69) is 72.0 Å². The molecule has 19 heavy (non-hydrogen) atoms. The van der Waals surface area contributed by atoms with Gasteiger partial charge in [0, 0.05) is 13.1 Å². The van der Waals surface area contributed by atoms with E-state index in [4.69, 9.17) is 0 Å². The van der Waals surface area contributed by atoms with E-state index in [1.165, 1.54) is 21.9 Å². The first-order chi connectivity index (χ1) is 9.43. The Balaban J connectivity index is 1.72. The fourth-order valence-electron chi connectivity index (χ4n) is 2.38. The van der Waals surface area contributed by atoms with Crippen LogP contribution in [0.2, 0.25) is 0 Å². The van der Waals surface area contributed by atoms with Gasteiger partial charge in [0.15, 0.2) is 0 Å². The maximum atomic E-state index is 3.51. The van der Waals surface area contributed by atoms with Crippen LogP contribution in [-0.4, -0.2) is 0 Å². The molecule has 1 N–H and O–H groups in total. The van der Waals surface area contributed by atoms with Gasteiger partial charge in [0.25, 0.3) is 0 Å². The van der Waals surface area contributed by atoms with E-state index in [0.717, 1.165) is 13.1 Å². The molecule has 0 aliphatic carbocycles. The molecule has 0 unspecified atom stereocenters. The smallest absolute Gasteiger partial charge is 0.0214 e. The SMILES string of the molecule is c1ccc(CNCc2cccc3ccccc23)cc1. The molecular weight excluding hydrogens is 230 g/mol. The Morgan fingerprint density at radius 3 is 2.26 bits per heavy atom. The molecule has 0 saturated heterocycles. The molecule has 0 bridgehead atoms. The van der Waals surface area contributed by atoms with Gasteiger partial charge < -0.3 is 5.32 Å². The van der Waals surface area contributed by atoms with Crippen LogP contribution in [0.4, 0.5) is 0 Å². The van der Waals surface area contributed by atoms with Crippen molar-refractivity contribution >= 4 is 10.8 Å². The van der Waals surface area contributed by atoms with Gasteiger partial charge in [-0.15, -0.1) is 0 Å². The molecule has 0 heterocycles. The quantitative estimate of drug-likeness (QED) is 0.731. The molecule has 0 radical (unpaired) electrons. The summed E-state index contributed by atoms with van der Waals surface area (Å²) < 4.78 is 0. The number of benzene rings is 3. The standard InChI is InChI=1S/C18H17N/c1-2-7-15(8-3-1)13-19-14-17-11-6-10-16-9-4-5-12-18(16)17/h1-12,19H,13-14H2. The van der Waals surface area contributed by atoms with Crippen molar-refractivity contribution in [3.8, 4) is 0 Å². The first-order valence-corrected chi connectivity index (χ1v) is 6.65. The lowest BCUT2D eigenvalue weighted by Gasteiger charge is -2.08. The zero-order chi connectivity index (χ0) is 12.9. The van der Waals surface area contributed by atoms with E-state index in [1.54, 1.807) is 0 Å². The van der Waals surface area contributed by atoms with Gasteiger partial charge in [-0.2, -0.15) is 0 Å². The summed E-state index contributed by atoms with van der Waals surface area (Å²) in [5.41, 5.74) is 2.68. The maximum absolute atomic E-state index is 3.51. The Bertz CT molecular complexity index is 653. The highest BCUT2D eigenvalue weighted by Gasteiger charge is 1.99. The molecule has 0 aromatic heterocycles. The van der Waals surface area contributed by atoms with E-state index >= 15 is 0 Å². The van der Waals surface area contributed by atoms with Gasteiger partial charge in [0.1, 0.15) is 0 Å². The normalized spacial score (nSPS) is 10.7. The lowest BCUT2D eigenvalue weighted by atomic mass is 10.0. The molecule has 3 rings (SSSR count). The molecule has 0 spiro atoms. The number of rotatable bonds is 4. The summed E-state index contributed by atoms with van der Waals surface area (Å²) in [5, 5.41) is 6.16. The van der Waals surface area contributed by atoms with E-state index in [0.29, 0.717) is 0 Å². The topological polar surface area (TPSA) is 12.0 Å². The van der Waals surface area contributed by atoms with Crippen LogP contribution in [0.25, 0.3) is 10.8 Å². The maximum Gasteiger partial charge on any atom is 0.0214 e. The largest absolute Gasteiger partial charge is 0.309 e. The van der Waals surface area contributed by atoms with Gasteiger partial charge in [0.2, 0.25) is 0 Å². The molecule has 1 heteroatoms. The van der Waals surface area contributed by atoms with Gasteiger partial charge >= 0.3 is 0 Å². The average molecular weight is 247 g/mol. The monoisotopic (exact) mass is 247 g/mol. The van der Waals surface area contributed by atoms with E-state index in [1.807, 2.05) is 6.07 Å². The number of nitrogens with one attached hydrogen (secondary N) is 1. The second kappa shape index (κ2) is 5.68. The number of hydrogen-bond donors (Lipinski definition) is 1. The second-order valence-corrected chi connectivity index (χ2v) is 4.73. The van der Waals surface area contributed by atoms with E-state index in [-0.39, 0.29) is 0 Å². The minimum absolute atomic E-state index is 0.899. The molecular formula is C18H17N. The van der Waals surface area contributed by atoms with Crippen molar-refractivity contribution in [2.24, 2.45) is 0 Å². The fraction of sp³-hybridized carbons (Fsp3) is 0.111. The first-order valence-electron chi connectivity index (χ1n) is 6.65. The van der Waals surface area contributed by atoms with Gasteiger partial charge in [-0.1, -0.05) is 72.8 Å². The molecule has 1 nitrogen and oxygen atoms in total. The van der Waals surface area contributed by atoms with Crippen molar-refractivity contribution in [1.82, 2.24) is 5.32 Å². The fourth-order valence-corrected chi connectivity index (χ4v) is 2.38. The Kier molecular flexibility index (Phi) is 3.57.